The van der Waals surface area contributed by atoms with Gasteiger partial charge in [-0.3, -0.25) is 0 Å². The molecule has 2 rings (SSSR count). The molecule has 0 spiro atoms. The molecule has 0 radical (unpaired) electrons. The van der Waals surface area contributed by atoms with Crippen LogP contribution in [0.5, 0.6) is 5.75 Å². The molecule has 1 aromatic carbocycles. The van der Waals surface area contributed by atoms with E-state index in [2.05, 4.69) is 15.3 Å². The molecule has 6 heteroatoms. The number of para-hydroxylation sites is 2. The van der Waals surface area contributed by atoms with Crippen LogP contribution < -0.4 is 10.1 Å². The van der Waals surface area contributed by atoms with Gasteiger partial charge in [-0.15, -0.1) is 0 Å². The van der Waals surface area contributed by atoms with Gasteiger partial charge in [0.25, 0.3) is 0 Å². The summed E-state index contributed by atoms with van der Waals surface area (Å²) in [5, 5.41) is 3.55. The summed E-state index contributed by atoms with van der Waals surface area (Å²) >= 11 is 5.97. The minimum atomic E-state index is 0.308. The van der Waals surface area contributed by atoms with Crippen molar-refractivity contribution < 1.29 is 9.47 Å². The molecule has 0 aliphatic carbocycles. The van der Waals surface area contributed by atoms with Gasteiger partial charge >= 0.3 is 0 Å². The monoisotopic (exact) mass is 293 g/mol. The van der Waals surface area contributed by atoms with E-state index >= 15 is 0 Å². The van der Waals surface area contributed by atoms with Crippen molar-refractivity contribution in [2.24, 2.45) is 0 Å². The summed E-state index contributed by atoms with van der Waals surface area (Å²) in [5.74, 6) is 1.89. The zero-order valence-electron chi connectivity index (χ0n) is 11.4. The van der Waals surface area contributed by atoms with Gasteiger partial charge in [-0.2, -0.15) is 0 Å². The number of ether oxygens (including phenoxy) is 2. The molecule has 0 amide bonds. The number of hydrogen-bond donors (Lipinski definition) is 1. The molecular weight excluding hydrogens is 278 g/mol. The van der Waals surface area contributed by atoms with Crippen molar-refractivity contribution in [2.75, 3.05) is 19.0 Å². The summed E-state index contributed by atoms with van der Waals surface area (Å²) in [6.07, 6.45) is 0. The SMILES string of the molecule is CCOc1ccccc1Nc1cc(Cl)nc(COC)n1. The molecular formula is C14H16ClN3O2. The average molecular weight is 294 g/mol. The van der Waals surface area contributed by atoms with Crippen LogP contribution in [-0.2, 0) is 11.3 Å². The van der Waals surface area contributed by atoms with Crippen LogP contribution in [0.3, 0.4) is 0 Å². The Morgan fingerprint density at radius 2 is 2.05 bits per heavy atom. The van der Waals surface area contributed by atoms with Crippen LogP contribution >= 0.6 is 11.6 Å². The summed E-state index contributed by atoms with van der Waals surface area (Å²) in [5.41, 5.74) is 0.826. The van der Waals surface area contributed by atoms with Gasteiger partial charge in [0.05, 0.1) is 12.3 Å². The first kappa shape index (κ1) is 14.6. The fraction of sp³-hybridized carbons (Fsp3) is 0.286. The first-order chi connectivity index (χ1) is 9.72. The predicted molar refractivity (Wildman–Crippen MR) is 78.6 cm³/mol. The Kier molecular flexibility index (Phi) is 5.15. The summed E-state index contributed by atoms with van der Waals surface area (Å²) in [7, 11) is 1.59. The van der Waals surface area contributed by atoms with Crippen LogP contribution in [0.4, 0.5) is 11.5 Å². The summed E-state index contributed by atoms with van der Waals surface area (Å²) in [6, 6.07) is 9.30. The van der Waals surface area contributed by atoms with Gasteiger partial charge < -0.3 is 14.8 Å². The van der Waals surface area contributed by atoms with Crippen molar-refractivity contribution >= 4 is 23.1 Å². The highest BCUT2D eigenvalue weighted by molar-refractivity contribution is 6.29. The van der Waals surface area contributed by atoms with Gasteiger partial charge in [0.15, 0.2) is 5.82 Å². The molecule has 0 saturated heterocycles. The molecule has 0 unspecified atom stereocenters. The molecule has 20 heavy (non-hydrogen) atoms. The number of halogens is 1. The Balaban J connectivity index is 2.25. The van der Waals surface area contributed by atoms with Crippen LogP contribution in [0.2, 0.25) is 5.15 Å². The van der Waals surface area contributed by atoms with E-state index in [4.69, 9.17) is 21.1 Å². The van der Waals surface area contributed by atoms with Gasteiger partial charge in [-0.05, 0) is 19.1 Å². The Labute approximate surface area is 122 Å². The van der Waals surface area contributed by atoms with E-state index in [0.29, 0.717) is 30.0 Å². The molecule has 5 nitrogen and oxygen atoms in total. The highest BCUT2D eigenvalue weighted by Gasteiger charge is 2.07. The minimum Gasteiger partial charge on any atom is -0.492 e. The minimum absolute atomic E-state index is 0.308. The molecule has 0 saturated carbocycles. The van der Waals surface area contributed by atoms with E-state index in [0.717, 1.165) is 11.4 Å². The number of nitrogens with one attached hydrogen (secondary N) is 1. The van der Waals surface area contributed by atoms with Crippen molar-refractivity contribution in [3.05, 3.63) is 41.3 Å². The zero-order chi connectivity index (χ0) is 14.4. The lowest BCUT2D eigenvalue weighted by molar-refractivity contribution is 0.178. The van der Waals surface area contributed by atoms with Crippen LogP contribution in [0.1, 0.15) is 12.7 Å². The lowest BCUT2D eigenvalue weighted by Crippen LogP contribution is -2.03. The van der Waals surface area contributed by atoms with Crippen LogP contribution in [0.25, 0.3) is 0 Å². The molecule has 1 N–H and O–H groups in total. The topological polar surface area (TPSA) is 56.3 Å². The Morgan fingerprint density at radius 3 is 2.80 bits per heavy atom. The molecule has 1 aromatic heterocycles. The first-order valence-corrected chi connectivity index (χ1v) is 6.62. The molecule has 0 bridgehead atoms. The quantitative estimate of drug-likeness (QED) is 0.827. The third-order valence-corrected chi connectivity index (χ3v) is 2.66. The predicted octanol–water partition coefficient (Wildman–Crippen LogP) is 3.42. The number of anilines is 2. The Hall–Kier alpha value is -1.85. The Bertz CT molecular complexity index is 578. The van der Waals surface area contributed by atoms with Crippen molar-refractivity contribution in [3.8, 4) is 5.75 Å². The number of nitrogens with zero attached hydrogens (tertiary/aromatic N) is 2. The van der Waals surface area contributed by atoms with E-state index in [1.807, 2.05) is 31.2 Å². The third-order valence-electron chi connectivity index (χ3n) is 2.46. The zero-order valence-corrected chi connectivity index (χ0v) is 12.1. The van der Waals surface area contributed by atoms with Crippen molar-refractivity contribution in [1.29, 1.82) is 0 Å². The van der Waals surface area contributed by atoms with Crippen molar-refractivity contribution in [1.82, 2.24) is 9.97 Å². The number of aromatic nitrogens is 2. The summed E-state index contributed by atoms with van der Waals surface area (Å²) in [6.45, 7) is 2.84. The van der Waals surface area contributed by atoms with Crippen molar-refractivity contribution in [2.45, 2.75) is 13.5 Å². The lowest BCUT2D eigenvalue weighted by atomic mass is 10.3. The maximum absolute atomic E-state index is 5.97. The van der Waals surface area contributed by atoms with Crippen LogP contribution in [0, 0.1) is 0 Å². The molecule has 1 heterocycles. The Morgan fingerprint density at radius 1 is 1.25 bits per heavy atom. The van der Waals surface area contributed by atoms with E-state index in [1.54, 1.807) is 13.2 Å². The largest absolute Gasteiger partial charge is 0.492 e. The number of rotatable bonds is 6. The highest BCUT2D eigenvalue weighted by atomic mass is 35.5. The van der Waals surface area contributed by atoms with Gasteiger partial charge in [0, 0.05) is 13.2 Å². The number of benzene rings is 1. The normalized spacial score (nSPS) is 10.3. The molecule has 2 aromatic rings. The van der Waals surface area contributed by atoms with Crippen molar-refractivity contribution in [3.63, 3.8) is 0 Å². The first-order valence-electron chi connectivity index (χ1n) is 6.24. The summed E-state index contributed by atoms with van der Waals surface area (Å²) < 4.78 is 10.6. The van der Waals surface area contributed by atoms with Gasteiger partial charge in [0.2, 0.25) is 0 Å². The standard InChI is InChI=1S/C14H16ClN3O2/c1-3-20-11-7-5-4-6-10(11)16-13-8-12(15)17-14(18-13)9-19-2/h4-8H,3,9H2,1-2H3,(H,16,17,18). The summed E-state index contributed by atoms with van der Waals surface area (Å²) in [4.78, 5) is 8.41. The molecule has 0 fully saturated rings. The van der Waals surface area contributed by atoms with Gasteiger partial charge in [-0.1, -0.05) is 23.7 Å². The number of hydrogen-bond acceptors (Lipinski definition) is 5. The van der Waals surface area contributed by atoms with E-state index < -0.39 is 0 Å². The second-order valence-electron chi connectivity index (χ2n) is 3.98. The van der Waals surface area contributed by atoms with E-state index in [1.165, 1.54) is 0 Å². The lowest BCUT2D eigenvalue weighted by Gasteiger charge is -2.12. The van der Waals surface area contributed by atoms with Crippen LogP contribution in [-0.4, -0.2) is 23.7 Å². The molecule has 0 atom stereocenters. The maximum atomic E-state index is 5.97. The molecule has 0 aliphatic rings. The molecule has 106 valence electrons. The molecule has 0 aliphatic heterocycles. The van der Waals surface area contributed by atoms with Gasteiger partial charge in [-0.25, -0.2) is 9.97 Å². The fourth-order valence-electron chi connectivity index (χ4n) is 1.71. The van der Waals surface area contributed by atoms with E-state index in [-0.39, 0.29) is 0 Å². The number of methoxy groups -OCH3 is 1. The third kappa shape index (κ3) is 3.82. The maximum Gasteiger partial charge on any atom is 0.158 e. The fourth-order valence-corrected chi connectivity index (χ4v) is 1.91. The second kappa shape index (κ2) is 7.07. The second-order valence-corrected chi connectivity index (χ2v) is 4.37. The van der Waals surface area contributed by atoms with Gasteiger partial charge in [0.1, 0.15) is 23.3 Å². The van der Waals surface area contributed by atoms with Crippen LogP contribution in [0.15, 0.2) is 30.3 Å². The smallest absolute Gasteiger partial charge is 0.158 e. The average Bonchev–Trinajstić information content (AvgIpc) is 2.41. The van der Waals surface area contributed by atoms with E-state index in [9.17, 15) is 0 Å². The highest BCUT2D eigenvalue weighted by Crippen LogP contribution is 2.27.